The topological polar surface area (TPSA) is 45.2 Å². The van der Waals surface area contributed by atoms with E-state index in [9.17, 15) is 4.79 Å². The molecular formula is C13H18BrN3O. The lowest BCUT2D eigenvalue weighted by atomic mass is 10.0. The number of aromatic nitrogens is 1. The Hall–Kier alpha value is -0.940. The van der Waals surface area contributed by atoms with Crippen LogP contribution in [0.5, 0.6) is 0 Å². The van der Waals surface area contributed by atoms with Gasteiger partial charge in [0, 0.05) is 29.5 Å². The second kappa shape index (κ2) is 6.29. The molecule has 1 aromatic heterocycles. The summed E-state index contributed by atoms with van der Waals surface area (Å²) in [4.78, 5) is 18.5. The highest BCUT2D eigenvalue weighted by molar-refractivity contribution is 9.10. The minimum absolute atomic E-state index is 0.0817. The second-order valence-corrected chi connectivity index (χ2v) is 5.38. The molecule has 2 heterocycles. The van der Waals surface area contributed by atoms with Gasteiger partial charge in [-0.1, -0.05) is 0 Å². The maximum absolute atomic E-state index is 12.5. The summed E-state index contributed by atoms with van der Waals surface area (Å²) in [5.74, 6) is 0.0817. The van der Waals surface area contributed by atoms with Crippen molar-refractivity contribution in [3.05, 3.63) is 28.5 Å². The van der Waals surface area contributed by atoms with Crippen LogP contribution in [0, 0.1) is 0 Å². The Labute approximate surface area is 116 Å². The van der Waals surface area contributed by atoms with E-state index in [4.69, 9.17) is 0 Å². The van der Waals surface area contributed by atoms with Gasteiger partial charge in [0.15, 0.2) is 0 Å². The lowest BCUT2D eigenvalue weighted by Gasteiger charge is -2.34. The zero-order valence-corrected chi connectivity index (χ0v) is 12.1. The maximum atomic E-state index is 12.5. The van der Waals surface area contributed by atoms with Crippen molar-refractivity contribution < 1.29 is 4.79 Å². The normalized spacial score (nSPS) is 16.6. The van der Waals surface area contributed by atoms with Crippen LogP contribution in [0.15, 0.2) is 22.9 Å². The second-order valence-electron chi connectivity index (χ2n) is 4.46. The smallest absolute Gasteiger partial charge is 0.255 e. The van der Waals surface area contributed by atoms with Gasteiger partial charge < -0.3 is 10.2 Å². The molecule has 2 rings (SSSR count). The Morgan fingerprint density at radius 1 is 1.50 bits per heavy atom. The lowest BCUT2D eigenvalue weighted by Crippen LogP contribution is -2.46. The minimum atomic E-state index is 0.0817. The lowest BCUT2D eigenvalue weighted by molar-refractivity contribution is 0.0655. The molecule has 0 aliphatic carbocycles. The number of hydrogen-bond donors (Lipinski definition) is 1. The molecule has 1 aliphatic rings. The van der Waals surface area contributed by atoms with E-state index in [1.165, 1.54) is 0 Å². The molecule has 0 unspecified atom stereocenters. The van der Waals surface area contributed by atoms with E-state index in [1.807, 2.05) is 17.9 Å². The molecule has 0 atom stereocenters. The van der Waals surface area contributed by atoms with Crippen molar-refractivity contribution in [2.24, 2.45) is 0 Å². The van der Waals surface area contributed by atoms with Crippen LogP contribution >= 0.6 is 15.9 Å². The fourth-order valence-electron chi connectivity index (χ4n) is 2.38. The number of piperidine rings is 1. The largest absolute Gasteiger partial charge is 0.336 e. The van der Waals surface area contributed by atoms with Crippen LogP contribution in [-0.4, -0.2) is 41.5 Å². The molecule has 1 fully saturated rings. The number of carbonyl (C=O) groups is 1. The fourth-order valence-corrected chi connectivity index (χ4v) is 2.75. The third-order valence-corrected chi connectivity index (χ3v) is 3.74. The summed E-state index contributed by atoms with van der Waals surface area (Å²) in [5.41, 5.74) is 0.657. The Balaban J connectivity index is 2.14. The van der Waals surface area contributed by atoms with Gasteiger partial charge in [0.1, 0.15) is 0 Å². The molecule has 0 aromatic carbocycles. The summed E-state index contributed by atoms with van der Waals surface area (Å²) in [7, 11) is 0. The number of pyridine rings is 1. The average Bonchev–Trinajstić information content (AvgIpc) is 2.41. The van der Waals surface area contributed by atoms with E-state index in [-0.39, 0.29) is 5.91 Å². The highest BCUT2D eigenvalue weighted by Gasteiger charge is 2.24. The van der Waals surface area contributed by atoms with Crippen molar-refractivity contribution in [1.29, 1.82) is 0 Å². The average molecular weight is 312 g/mol. The zero-order valence-electron chi connectivity index (χ0n) is 10.5. The number of halogens is 1. The Kier molecular flexibility index (Phi) is 4.72. The monoisotopic (exact) mass is 311 g/mol. The van der Waals surface area contributed by atoms with E-state index in [0.717, 1.165) is 36.9 Å². The van der Waals surface area contributed by atoms with Crippen molar-refractivity contribution in [2.75, 3.05) is 19.6 Å². The summed E-state index contributed by atoms with van der Waals surface area (Å²) in [5, 5.41) is 3.32. The van der Waals surface area contributed by atoms with Crippen LogP contribution in [-0.2, 0) is 0 Å². The first-order valence-electron chi connectivity index (χ1n) is 6.34. The van der Waals surface area contributed by atoms with Crippen LogP contribution in [0.25, 0.3) is 0 Å². The molecule has 1 N–H and O–H groups in total. The minimum Gasteiger partial charge on any atom is -0.336 e. The van der Waals surface area contributed by atoms with Gasteiger partial charge in [-0.15, -0.1) is 0 Å². The van der Waals surface area contributed by atoms with Crippen molar-refractivity contribution >= 4 is 21.8 Å². The molecule has 98 valence electrons. The van der Waals surface area contributed by atoms with Crippen molar-refractivity contribution in [2.45, 2.75) is 25.8 Å². The van der Waals surface area contributed by atoms with Crippen LogP contribution in [0.4, 0.5) is 0 Å². The molecule has 18 heavy (non-hydrogen) atoms. The van der Waals surface area contributed by atoms with Crippen LogP contribution in [0.2, 0.25) is 0 Å². The number of nitrogens with zero attached hydrogens (tertiary/aromatic N) is 2. The number of hydrogen-bond acceptors (Lipinski definition) is 3. The van der Waals surface area contributed by atoms with E-state index in [2.05, 4.69) is 26.2 Å². The Bertz CT molecular complexity index is 418. The number of carbonyl (C=O) groups excluding carboxylic acids is 1. The maximum Gasteiger partial charge on any atom is 0.255 e. The van der Waals surface area contributed by atoms with Gasteiger partial charge in [-0.3, -0.25) is 9.78 Å². The first-order chi connectivity index (χ1) is 8.72. The predicted molar refractivity (Wildman–Crippen MR) is 74.5 cm³/mol. The number of nitrogens with one attached hydrogen (secondary N) is 1. The van der Waals surface area contributed by atoms with Crippen molar-refractivity contribution in [3.8, 4) is 0 Å². The molecule has 4 nitrogen and oxygen atoms in total. The molecule has 5 heteroatoms. The van der Waals surface area contributed by atoms with E-state index in [0.29, 0.717) is 11.6 Å². The summed E-state index contributed by atoms with van der Waals surface area (Å²) < 4.78 is 0.842. The third kappa shape index (κ3) is 3.09. The first-order valence-corrected chi connectivity index (χ1v) is 7.14. The Morgan fingerprint density at radius 3 is 2.83 bits per heavy atom. The highest BCUT2D eigenvalue weighted by atomic mass is 79.9. The molecular weight excluding hydrogens is 294 g/mol. The highest BCUT2D eigenvalue weighted by Crippen LogP contribution is 2.17. The van der Waals surface area contributed by atoms with Gasteiger partial charge in [-0.2, -0.15) is 0 Å². The van der Waals surface area contributed by atoms with E-state index < -0.39 is 0 Å². The molecule has 1 saturated heterocycles. The van der Waals surface area contributed by atoms with Crippen LogP contribution in [0.3, 0.4) is 0 Å². The Morgan fingerprint density at radius 2 is 2.22 bits per heavy atom. The molecule has 0 spiro atoms. The van der Waals surface area contributed by atoms with E-state index in [1.54, 1.807) is 12.4 Å². The third-order valence-electron chi connectivity index (χ3n) is 3.30. The summed E-state index contributed by atoms with van der Waals surface area (Å²) in [6.07, 6.45) is 5.39. The SMILES string of the molecule is CCN(C(=O)c1cncc(Br)c1)C1CCNCC1. The van der Waals surface area contributed by atoms with Crippen LogP contribution in [0.1, 0.15) is 30.1 Å². The van der Waals surface area contributed by atoms with E-state index >= 15 is 0 Å². The van der Waals surface area contributed by atoms with Gasteiger partial charge in [-0.05, 0) is 54.9 Å². The molecule has 1 amide bonds. The van der Waals surface area contributed by atoms with Gasteiger partial charge in [0.2, 0.25) is 0 Å². The van der Waals surface area contributed by atoms with Crippen molar-refractivity contribution in [3.63, 3.8) is 0 Å². The summed E-state index contributed by atoms with van der Waals surface area (Å²) >= 11 is 3.35. The zero-order chi connectivity index (χ0) is 13.0. The first kappa shape index (κ1) is 13.5. The van der Waals surface area contributed by atoms with Gasteiger partial charge in [0.05, 0.1) is 5.56 Å². The molecule has 0 saturated carbocycles. The van der Waals surface area contributed by atoms with Gasteiger partial charge >= 0.3 is 0 Å². The van der Waals surface area contributed by atoms with Gasteiger partial charge in [0.25, 0.3) is 5.91 Å². The number of amides is 1. The van der Waals surface area contributed by atoms with Crippen LogP contribution < -0.4 is 5.32 Å². The fraction of sp³-hybridized carbons (Fsp3) is 0.538. The summed E-state index contributed by atoms with van der Waals surface area (Å²) in [6, 6.07) is 2.18. The predicted octanol–water partition coefficient (Wildman–Crippen LogP) is 2.06. The van der Waals surface area contributed by atoms with Crippen molar-refractivity contribution in [1.82, 2.24) is 15.2 Å². The molecule has 0 bridgehead atoms. The summed E-state index contributed by atoms with van der Waals surface area (Å²) in [6.45, 7) is 4.76. The number of rotatable bonds is 3. The molecule has 0 radical (unpaired) electrons. The molecule has 1 aromatic rings. The van der Waals surface area contributed by atoms with Gasteiger partial charge in [-0.25, -0.2) is 0 Å². The molecule has 1 aliphatic heterocycles. The standard InChI is InChI=1S/C13H18BrN3O/c1-2-17(12-3-5-15-6-4-12)13(18)10-7-11(14)9-16-8-10/h7-9,12,15H,2-6H2,1H3. The quantitative estimate of drug-likeness (QED) is 0.929.